The molecule has 0 saturated carbocycles. The van der Waals surface area contributed by atoms with Crippen LogP contribution in [0.25, 0.3) is 10.8 Å². The fourth-order valence-corrected chi connectivity index (χ4v) is 3.18. The number of H-pyrrole nitrogens is 1. The van der Waals surface area contributed by atoms with Gasteiger partial charge in [-0.25, -0.2) is 10.5 Å². The van der Waals surface area contributed by atoms with Crippen molar-refractivity contribution in [2.75, 3.05) is 0 Å². The summed E-state index contributed by atoms with van der Waals surface area (Å²) in [6.07, 6.45) is 2.85. The van der Waals surface area contributed by atoms with Gasteiger partial charge in [-0.3, -0.25) is 9.59 Å². The number of hydrogen-bond acceptors (Lipinski definition) is 4. The zero-order valence-electron chi connectivity index (χ0n) is 13.5. The Kier molecular flexibility index (Phi) is 3.85. The lowest BCUT2D eigenvalue weighted by molar-refractivity contribution is 0.0950. The summed E-state index contributed by atoms with van der Waals surface area (Å²) < 4.78 is 0. The molecular formula is C19H16N4O2. The maximum absolute atomic E-state index is 12.5. The number of nitrogens with one attached hydrogen (secondary N) is 2. The SMILES string of the molecule is O=C(N/N=C1\CCCc2ccccc21)c1n[nH]c(=O)c2ccccc12. The number of aromatic nitrogens is 2. The highest BCUT2D eigenvalue weighted by atomic mass is 16.2. The lowest BCUT2D eigenvalue weighted by atomic mass is 9.90. The van der Waals surface area contributed by atoms with Crippen LogP contribution in [0.1, 0.15) is 34.5 Å². The summed E-state index contributed by atoms with van der Waals surface area (Å²) in [5, 5.41) is 11.5. The predicted molar refractivity (Wildman–Crippen MR) is 95.7 cm³/mol. The summed E-state index contributed by atoms with van der Waals surface area (Å²) in [6, 6.07) is 15.0. The maximum Gasteiger partial charge on any atom is 0.292 e. The van der Waals surface area contributed by atoms with E-state index < -0.39 is 5.91 Å². The highest BCUT2D eigenvalue weighted by Crippen LogP contribution is 2.21. The molecule has 2 N–H and O–H groups in total. The molecule has 25 heavy (non-hydrogen) atoms. The van der Waals surface area contributed by atoms with Gasteiger partial charge in [-0.05, 0) is 30.9 Å². The topological polar surface area (TPSA) is 87.2 Å². The van der Waals surface area contributed by atoms with Crippen molar-refractivity contribution in [3.63, 3.8) is 0 Å². The van der Waals surface area contributed by atoms with E-state index in [0.717, 1.165) is 30.5 Å². The van der Waals surface area contributed by atoms with E-state index >= 15 is 0 Å². The van der Waals surface area contributed by atoms with Crippen molar-refractivity contribution >= 4 is 22.4 Å². The average molecular weight is 332 g/mol. The van der Waals surface area contributed by atoms with Gasteiger partial charge in [0.15, 0.2) is 5.69 Å². The molecule has 0 atom stereocenters. The molecule has 0 spiro atoms. The number of aromatic amines is 1. The van der Waals surface area contributed by atoms with Gasteiger partial charge in [-0.2, -0.15) is 10.2 Å². The monoisotopic (exact) mass is 332 g/mol. The summed E-state index contributed by atoms with van der Waals surface area (Å²) in [7, 11) is 0. The van der Waals surface area contributed by atoms with Crippen LogP contribution in [0.3, 0.4) is 0 Å². The molecule has 1 aliphatic carbocycles. The van der Waals surface area contributed by atoms with E-state index in [1.807, 2.05) is 18.2 Å². The predicted octanol–water partition coefficient (Wildman–Crippen LogP) is 2.39. The van der Waals surface area contributed by atoms with Gasteiger partial charge in [0.2, 0.25) is 0 Å². The van der Waals surface area contributed by atoms with Crippen molar-refractivity contribution in [3.8, 4) is 0 Å². The number of benzene rings is 2. The molecule has 0 saturated heterocycles. The van der Waals surface area contributed by atoms with Crippen LogP contribution < -0.4 is 11.0 Å². The number of aryl methyl sites for hydroxylation is 1. The van der Waals surface area contributed by atoms with Crippen molar-refractivity contribution in [1.82, 2.24) is 15.6 Å². The Bertz CT molecular complexity index is 1050. The van der Waals surface area contributed by atoms with Crippen molar-refractivity contribution in [1.29, 1.82) is 0 Å². The Balaban J connectivity index is 1.66. The first-order chi connectivity index (χ1) is 12.2. The smallest absolute Gasteiger partial charge is 0.267 e. The summed E-state index contributed by atoms with van der Waals surface area (Å²) in [4.78, 5) is 24.3. The molecule has 0 fully saturated rings. The minimum absolute atomic E-state index is 0.156. The molecule has 3 aromatic rings. The van der Waals surface area contributed by atoms with Gasteiger partial charge < -0.3 is 0 Å². The number of carbonyl (C=O) groups is 1. The number of nitrogens with zero attached hydrogens (tertiary/aromatic N) is 2. The fourth-order valence-electron chi connectivity index (χ4n) is 3.18. The number of amides is 1. The van der Waals surface area contributed by atoms with E-state index in [1.165, 1.54) is 5.56 Å². The minimum atomic E-state index is -0.442. The highest BCUT2D eigenvalue weighted by molar-refractivity contribution is 6.07. The Morgan fingerprint density at radius 2 is 1.80 bits per heavy atom. The van der Waals surface area contributed by atoms with Gasteiger partial charge >= 0.3 is 0 Å². The molecule has 1 aromatic heterocycles. The molecule has 6 heteroatoms. The van der Waals surface area contributed by atoms with E-state index in [0.29, 0.717) is 10.8 Å². The van der Waals surface area contributed by atoms with Gasteiger partial charge in [-0.15, -0.1) is 0 Å². The van der Waals surface area contributed by atoms with Crippen molar-refractivity contribution in [2.24, 2.45) is 5.10 Å². The summed E-state index contributed by atoms with van der Waals surface area (Å²) in [5.74, 6) is -0.442. The first-order valence-electron chi connectivity index (χ1n) is 8.16. The van der Waals surface area contributed by atoms with Crippen LogP contribution in [0.5, 0.6) is 0 Å². The Labute approximate surface area is 143 Å². The first kappa shape index (κ1) is 15.3. The van der Waals surface area contributed by atoms with Crippen LogP contribution in [-0.2, 0) is 6.42 Å². The molecule has 4 rings (SSSR count). The van der Waals surface area contributed by atoms with Gasteiger partial charge in [-0.1, -0.05) is 42.5 Å². The molecule has 1 aliphatic rings. The Morgan fingerprint density at radius 3 is 2.68 bits per heavy atom. The normalized spacial score (nSPS) is 15.1. The van der Waals surface area contributed by atoms with E-state index in [1.54, 1.807) is 24.3 Å². The average Bonchev–Trinajstić information content (AvgIpc) is 2.66. The molecule has 0 bridgehead atoms. The van der Waals surface area contributed by atoms with Crippen molar-refractivity contribution < 1.29 is 4.79 Å². The number of hydrogen-bond donors (Lipinski definition) is 2. The largest absolute Gasteiger partial charge is 0.292 e. The Hall–Kier alpha value is -3.28. The second kappa shape index (κ2) is 6.32. The standard InChI is InChI=1S/C19H16N4O2/c24-18-15-10-4-3-9-14(15)17(21-22-18)19(25)23-20-16-11-5-7-12-6-1-2-8-13(12)16/h1-4,6,8-10H,5,7,11H2,(H,22,24)(H,23,25)/b20-16+. The quantitative estimate of drug-likeness (QED) is 0.706. The maximum atomic E-state index is 12.5. The van der Waals surface area contributed by atoms with Crippen molar-refractivity contribution in [2.45, 2.75) is 19.3 Å². The van der Waals surface area contributed by atoms with Crippen LogP contribution in [0.4, 0.5) is 0 Å². The summed E-state index contributed by atoms with van der Waals surface area (Å²) in [5.41, 5.74) is 5.61. The molecule has 2 aromatic carbocycles. The second-order valence-electron chi connectivity index (χ2n) is 5.96. The fraction of sp³-hybridized carbons (Fsp3) is 0.158. The molecule has 1 amide bonds. The van der Waals surface area contributed by atoms with Gasteiger partial charge in [0.25, 0.3) is 11.5 Å². The zero-order valence-corrected chi connectivity index (χ0v) is 13.5. The van der Waals surface area contributed by atoms with Crippen LogP contribution in [0.15, 0.2) is 58.4 Å². The molecular weight excluding hydrogens is 316 g/mol. The molecule has 6 nitrogen and oxygen atoms in total. The lowest BCUT2D eigenvalue weighted by Gasteiger charge is -2.17. The van der Waals surface area contributed by atoms with E-state index in [9.17, 15) is 9.59 Å². The van der Waals surface area contributed by atoms with Crippen LogP contribution in [-0.4, -0.2) is 21.8 Å². The third-order valence-corrected chi connectivity index (χ3v) is 4.39. The lowest BCUT2D eigenvalue weighted by Crippen LogP contribution is -2.25. The second-order valence-corrected chi connectivity index (χ2v) is 5.96. The number of rotatable bonds is 2. The summed E-state index contributed by atoms with van der Waals surface area (Å²) in [6.45, 7) is 0. The van der Waals surface area contributed by atoms with E-state index in [4.69, 9.17) is 0 Å². The number of hydrazone groups is 1. The van der Waals surface area contributed by atoms with Crippen LogP contribution >= 0.6 is 0 Å². The van der Waals surface area contributed by atoms with Gasteiger partial charge in [0.1, 0.15) is 0 Å². The first-order valence-corrected chi connectivity index (χ1v) is 8.16. The van der Waals surface area contributed by atoms with Crippen LogP contribution in [0.2, 0.25) is 0 Å². The molecule has 124 valence electrons. The molecule has 0 radical (unpaired) electrons. The molecule has 1 heterocycles. The van der Waals surface area contributed by atoms with Crippen molar-refractivity contribution in [3.05, 3.63) is 75.7 Å². The number of fused-ring (bicyclic) bond motifs is 2. The molecule has 0 unspecified atom stereocenters. The van der Waals surface area contributed by atoms with Gasteiger partial charge in [0, 0.05) is 10.9 Å². The molecule has 0 aliphatic heterocycles. The van der Waals surface area contributed by atoms with E-state index in [2.05, 4.69) is 26.8 Å². The van der Waals surface area contributed by atoms with Crippen LogP contribution in [0, 0.1) is 0 Å². The number of carbonyl (C=O) groups excluding carboxylic acids is 1. The van der Waals surface area contributed by atoms with Gasteiger partial charge in [0.05, 0.1) is 11.1 Å². The summed E-state index contributed by atoms with van der Waals surface area (Å²) >= 11 is 0. The highest BCUT2D eigenvalue weighted by Gasteiger charge is 2.17. The third kappa shape index (κ3) is 2.82. The zero-order chi connectivity index (χ0) is 17.2. The Morgan fingerprint density at radius 1 is 1.04 bits per heavy atom. The van der Waals surface area contributed by atoms with E-state index in [-0.39, 0.29) is 11.3 Å². The third-order valence-electron chi connectivity index (χ3n) is 4.39. The minimum Gasteiger partial charge on any atom is -0.267 e.